The van der Waals surface area contributed by atoms with Gasteiger partial charge in [0.2, 0.25) is 0 Å². The number of allylic oxidation sites excluding steroid dienone is 2. The smallest absolute Gasteiger partial charge is 0.337 e. The van der Waals surface area contributed by atoms with Crippen molar-refractivity contribution in [3.63, 3.8) is 0 Å². The van der Waals surface area contributed by atoms with Crippen molar-refractivity contribution in [2.45, 2.75) is 19.3 Å². The van der Waals surface area contributed by atoms with E-state index >= 15 is 0 Å². The molecule has 6 nitrogen and oxygen atoms in total. The molecule has 2 aromatic rings. The molecular formula is C17H15N3O3. The summed E-state index contributed by atoms with van der Waals surface area (Å²) in [6.07, 6.45) is 8.47. The normalized spacial score (nSPS) is 17.0. The first-order valence-corrected chi connectivity index (χ1v) is 7.56. The fraction of sp³-hybridized carbons (Fsp3) is 0.235. The lowest BCUT2D eigenvalue weighted by atomic mass is 10.0. The van der Waals surface area contributed by atoms with E-state index in [-0.39, 0.29) is 11.5 Å². The summed E-state index contributed by atoms with van der Waals surface area (Å²) in [5.74, 6) is -1.18. The lowest BCUT2D eigenvalue weighted by Gasteiger charge is -2.19. The third kappa shape index (κ3) is 2.14. The molecule has 0 saturated carbocycles. The number of carboxylic acid groups (broad SMARTS) is 1. The Morgan fingerprint density at radius 1 is 1.30 bits per heavy atom. The van der Waals surface area contributed by atoms with Gasteiger partial charge in [0, 0.05) is 18.4 Å². The van der Waals surface area contributed by atoms with Gasteiger partial charge in [0.15, 0.2) is 0 Å². The van der Waals surface area contributed by atoms with Gasteiger partial charge in [0.1, 0.15) is 5.69 Å². The van der Waals surface area contributed by atoms with E-state index in [9.17, 15) is 14.7 Å². The molecule has 0 saturated heterocycles. The Hall–Kier alpha value is -2.89. The number of aromatic carboxylic acids is 1. The Morgan fingerprint density at radius 3 is 3.00 bits per heavy atom. The Kier molecular flexibility index (Phi) is 3.04. The summed E-state index contributed by atoms with van der Waals surface area (Å²) >= 11 is 0. The minimum atomic E-state index is -1.04. The van der Waals surface area contributed by atoms with Gasteiger partial charge in [0.05, 0.1) is 16.6 Å². The number of amides is 1. The maximum absolute atomic E-state index is 12.8. The number of aromatic nitrogens is 2. The summed E-state index contributed by atoms with van der Waals surface area (Å²) in [5.41, 5.74) is 3.67. The highest BCUT2D eigenvalue weighted by molar-refractivity contribution is 6.04. The highest BCUT2D eigenvalue weighted by atomic mass is 16.4. The molecule has 116 valence electrons. The molecule has 0 spiro atoms. The highest BCUT2D eigenvalue weighted by Crippen LogP contribution is 2.32. The molecule has 2 N–H and O–H groups in total. The van der Waals surface area contributed by atoms with Crippen LogP contribution in [0.25, 0.3) is 11.0 Å². The quantitative estimate of drug-likeness (QED) is 0.893. The van der Waals surface area contributed by atoms with Crippen LogP contribution in [0, 0.1) is 0 Å². The molecule has 1 aliphatic heterocycles. The number of carbonyl (C=O) groups is 2. The molecule has 23 heavy (non-hydrogen) atoms. The van der Waals surface area contributed by atoms with Crippen molar-refractivity contribution >= 4 is 22.9 Å². The predicted octanol–water partition coefficient (Wildman–Crippen LogP) is 2.71. The minimum Gasteiger partial charge on any atom is -0.478 e. The number of rotatable bonds is 2. The van der Waals surface area contributed by atoms with Gasteiger partial charge in [0.25, 0.3) is 5.91 Å². The predicted molar refractivity (Wildman–Crippen MR) is 84.1 cm³/mol. The second-order valence-electron chi connectivity index (χ2n) is 5.74. The first-order chi connectivity index (χ1) is 11.1. The molecule has 1 aliphatic carbocycles. The van der Waals surface area contributed by atoms with Crippen LogP contribution in [0.4, 0.5) is 0 Å². The molecular weight excluding hydrogens is 294 g/mol. The second-order valence-corrected chi connectivity index (χ2v) is 5.74. The van der Waals surface area contributed by atoms with Crippen molar-refractivity contribution < 1.29 is 14.7 Å². The number of nitrogens with one attached hydrogen (secondary N) is 1. The van der Waals surface area contributed by atoms with Crippen molar-refractivity contribution in [2.75, 3.05) is 6.54 Å². The molecule has 0 bridgehead atoms. The number of carbonyl (C=O) groups excluding carboxylic acids is 1. The number of hydrogen-bond acceptors (Lipinski definition) is 3. The fourth-order valence-electron chi connectivity index (χ4n) is 3.28. The molecule has 0 atom stereocenters. The van der Waals surface area contributed by atoms with Crippen molar-refractivity contribution in [1.29, 1.82) is 0 Å². The molecule has 1 amide bonds. The van der Waals surface area contributed by atoms with Gasteiger partial charge >= 0.3 is 5.97 Å². The summed E-state index contributed by atoms with van der Waals surface area (Å²) in [5, 5.41) is 9.24. The third-order valence-corrected chi connectivity index (χ3v) is 4.41. The van der Waals surface area contributed by atoms with E-state index < -0.39 is 5.97 Å². The van der Waals surface area contributed by atoms with Crippen LogP contribution in [-0.2, 0) is 0 Å². The monoisotopic (exact) mass is 309 g/mol. The molecule has 0 unspecified atom stereocenters. The van der Waals surface area contributed by atoms with E-state index in [1.165, 1.54) is 17.8 Å². The van der Waals surface area contributed by atoms with Gasteiger partial charge < -0.3 is 15.0 Å². The minimum absolute atomic E-state index is 0.118. The van der Waals surface area contributed by atoms with Crippen LogP contribution in [-0.4, -0.2) is 38.4 Å². The van der Waals surface area contributed by atoms with Gasteiger partial charge in [-0.05, 0) is 43.0 Å². The largest absolute Gasteiger partial charge is 0.478 e. The average molecular weight is 309 g/mol. The number of carboxylic acids is 1. The van der Waals surface area contributed by atoms with Gasteiger partial charge in [-0.1, -0.05) is 6.08 Å². The number of H-pyrrole nitrogens is 1. The first-order valence-electron chi connectivity index (χ1n) is 7.56. The maximum Gasteiger partial charge on any atom is 0.337 e. The van der Waals surface area contributed by atoms with Crippen LogP contribution < -0.4 is 0 Å². The van der Waals surface area contributed by atoms with E-state index in [0.29, 0.717) is 23.3 Å². The first kappa shape index (κ1) is 13.8. The lowest BCUT2D eigenvalue weighted by Crippen LogP contribution is -2.27. The fourth-order valence-corrected chi connectivity index (χ4v) is 3.28. The number of fused-ring (bicyclic) bond motifs is 1. The van der Waals surface area contributed by atoms with E-state index in [0.717, 1.165) is 25.0 Å². The molecule has 3 heterocycles. The molecule has 6 heteroatoms. The summed E-state index contributed by atoms with van der Waals surface area (Å²) in [6.45, 7) is 0.669. The summed E-state index contributed by atoms with van der Waals surface area (Å²) in [4.78, 5) is 32.9. The van der Waals surface area contributed by atoms with E-state index in [1.807, 2.05) is 6.08 Å². The van der Waals surface area contributed by atoms with Crippen molar-refractivity contribution in [1.82, 2.24) is 14.9 Å². The lowest BCUT2D eigenvalue weighted by molar-refractivity contribution is 0.0697. The maximum atomic E-state index is 12.8. The third-order valence-electron chi connectivity index (χ3n) is 4.41. The van der Waals surface area contributed by atoms with Gasteiger partial charge in [-0.15, -0.1) is 0 Å². The zero-order valence-corrected chi connectivity index (χ0v) is 12.4. The van der Waals surface area contributed by atoms with E-state index in [4.69, 9.17) is 0 Å². The molecule has 0 radical (unpaired) electrons. The Morgan fingerprint density at radius 2 is 2.17 bits per heavy atom. The standard InChI is InChI=1S/C17H15N3O3/c21-16(20-8-6-10-3-1-2-4-14(10)20)13-9-12-15(19-13)11(17(22)23)5-7-18-12/h2,4-5,7,9,19H,1,3,6,8H2,(H,22,23). The SMILES string of the molecule is O=C(O)c1ccnc2cc(C(=O)N3CCC4=C3C=CCC4)[nH]c12. The van der Waals surface area contributed by atoms with Crippen molar-refractivity contribution in [3.05, 3.63) is 53.0 Å². The van der Waals surface area contributed by atoms with Crippen LogP contribution in [0.1, 0.15) is 40.1 Å². The molecule has 2 aliphatic rings. The van der Waals surface area contributed by atoms with Crippen LogP contribution in [0.5, 0.6) is 0 Å². The molecule has 2 aromatic heterocycles. The Bertz CT molecular complexity index is 892. The van der Waals surface area contributed by atoms with Gasteiger partial charge in [-0.3, -0.25) is 9.78 Å². The van der Waals surface area contributed by atoms with Crippen LogP contribution in [0.2, 0.25) is 0 Å². The number of hydrogen-bond donors (Lipinski definition) is 2. The number of pyridine rings is 1. The van der Waals surface area contributed by atoms with Gasteiger partial charge in [-0.2, -0.15) is 0 Å². The van der Waals surface area contributed by atoms with Crippen LogP contribution >= 0.6 is 0 Å². The van der Waals surface area contributed by atoms with E-state index in [1.54, 1.807) is 11.0 Å². The highest BCUT2D eigenvalue weighted by Gasteiger charge is 2.28. The average Bonchev–Trinajstić information content (AvgIpc) is 3.17. The summed E-state index contributed by atoms with van der Waals surface area (Å²) < 4.78 is 0. The van der Waals surface area contributed by atoms with Crippen LogP contribution in [0.15, 0.2) is 41.8 Å². The Balaban J connectivity index is 1.74. The van der Waals surface area contributed by atoms with Crippen molar-refractivity contribution in [3.8, 4) is 0 Å². The number of aromatic amines is 1. The topological polar surface area (TPSA) is 86.3 Å². The molecule has 0 aromatic carbocycles. The van der Waals surface area contributed by atoms with Crippen molar-refractivity contribution in [2.24, 2.45) is 0 Å². The number of nitrogens with zero attached hydrogens (tertiary/aromatic N) is 2. The second kappa shape index (κ2) is 5.08. The zero-order valence-electron chi connectivity index (χ0n) is 12.4. The van der Waals surface area contributed by atoms with Crippen LogP contribution in [0.3, 0.4) is 0 Å². The molecule has 4 rings (SSSR count). The van der Waals surface area contributed by atoms with Gasteiger partial charge in [-0.25, -0.2) is 4.79 Å². The molecule has 0 fully saturated rings. The Labute approximate surface area is 132 Å². The summed E-state index contributed by atoms with van der Waals surface area (Å²) in [6, 6.07) is 3.05. The summed E-state index contributed by atoms with van der Waals surface area (Å²) in [7, 11) is 0. The van der Waals surface area contributed by atoms with E-state index in [2.05, 4.69) is 16.0 Å². The zero-order chi connectivity index (χ0) is 16.0.